The lowest BCUT2D eigenvalue weighted by Gasteiger charge is -2.29. The SMILES string of the molecule is CC[C@H](C)NC(=O)[C@H](C)N(Cc1ccc(F)cc1)C(=O)CSCc1ccc([N+](=O)[O-])cc1. The summed E-state index contributed by atoms with van der Waals surface area (Å²) in [7, 11) is 0. The average molecular weight is 462 g/mol. The summed E-state index contributed by atoms with van der Waals surface area (Å²) in [5.74, 6) is -0.184. The average Bonchev–Trinajstić information content (AvgIpc) is 2.78. The Hall–Kier alpha value is -2.94. The zero-order valence-corrected chi connectivity index (χ0v) is 19.2. The topological polar surface area (TPSA) is 92.6 Å². The fourth-order valence-corrected chi connectivity index (χ4v) is 3.76. The van der Waals surface area contributed by atoms with Gasteiger partial charge >= 0.3 is 0 Å². The predicted molar refractivity (Wildman–Crippen MR) is 124 cm³/mol. The van der Waals surface area contributed by atoms with Gasteiger partial charge in [0, 0.05) is 30.5 Å². The van der Waals surface area contributed by atoms with Crippen LogP contribution in [0.25, 0.3) is 0 Å². The molecule has 7 nitrogen and oxygen atoms in total. The Kier molecular flexibility index (Phi) is 9.64. The third kappa shape index (κ3) is 7.64. The highest BCUT2D eigenvalue weighted by molar-refractivity contribution is 7.99. The first kappa shape index (κ1) is 25.3. The minimum atomic E-state index is -0.693. The molecule has 2 aromatic rings. The van der Waals surface area contributed by atoms with Crippen LogP contribution in [0.2, 0.25) is 0 Å². The molecule has 0 spiro atoms. The van der Waals surface area contributed by atoms with Crippen molar-refractivity contribution < 1.29 is 18.9 Å². The molecule has 0 radical (unpaired) electrons. The van der Waals surface area contributed by atoms with Gasteiger partial charge in [-0.05, 0) is 43.5 Å². The van der Waals surface area contributed by atoms with Crippen molar-refractivity contribution in [2.24, 2.45) is 0 Å². The molecule has 0 aromatic heterocycles. The highest BCUT2D eigenvalue weighted by Gasteiger charge is 2.26. The molecule has 0 saturated heterocycles. The van der Waals surface area contributed by atoms with Crippen molar-refractivity contribution in [3.63, 3.8) is 0 Å². The van der Waals surface area contributed by atoms with E-state index in [1.165, 1.54) is 40.9 Å². The molecule has 0 fully saturated rings. The van der Waals surface area contributed by atoms with E-state index in [-0.39, 0.29) is 41.7 Å². The maximum absolute atomic E-state index is 13.3. The molecule has 0 bridgehead atoms. The molecule has 0 aliphatic rings. The number of non-ortho nitro benzene ring substituents is 1. The standard InChI is InChI=1S/C23H28FN3O4S/c1-4-16(2)25-23(29)17(3)26(13-18-5-9-20(24)10-6-18)22(28)15-32-14-19-7-11-21(12-8-19)27(30)31/h5-12,16-17H,4,13-15H2,1-3H3,(H,25,29)/t16-,17-/m0/s1. The van der Waals surface area contributed by atoms with Gasteiger partial charge in [0.1, 0.15) is 11.9 Å². The van der Waals surface area contributed by atoms with E-state index in [2.05, 4.69) is 5.32 Å². The number of nitro groups is 1. The second kappa shape index (κ2) is 12.2. The molecule has 172 valence electrons. The number of nitrogens with zero attached hydrogens (tertiary/aromatic N) is 2. The fraction of sp³-hybridized carbons (Fsp3) is 0.391. The summed E-state index contributed by atoms with van der Waals surface area (Å²) in [5, 5.41) is 13.7. The monoisotopic (exact) mass is 461 g/mol. The minimum Gasteiger partial charge on any atom is -0.352 e. The molecule has 9 heteroatoms. The largest absolute Gasteiger partial charge is 0.352 e. The van der Waals surface area contributed by atoms with E-state index in [1.54, 1.807) is 31.2 Å². The van der Waals surface area contributed by atoms with Crippen LogP contribution in [0, 0.1) is 15.9 Å². The van der Waals surface area contributed by atoms with E-state index >= 15 is 0 Å². The number of nitro benzene ring substituents is 1. The van der Waals surface area contributed by atoms with Crippen LogP contribution in [0.4, 0.5) is 10.1 Å². The lowest BCUT2D eigenvalue weighted by molar-refractivity contribution is -0.384. The van der Waals surface area contributed by atoms with Crippen molar-refractivity contribution in [2.75, 3.05) is 5.75 Å². The van der Waals surface area contributed by atoms with Crippen LogP contribution in [0.1, 0.15) is 38.3 Å². The van der Waals surface area contributed by atoms with Crippen molar-refractivity contribution in [3.05, 3.63) is 75.6 Å². The van der Waals surface area contributed by atoms with Crippen molar-refractivity contribution in [1.82, 2.24) is 10.2 Å². The maximum atomic E-state index is 13.3. The van der Waals surface area contributed by atoms with Gasteiger partial charge in [-0.15, -0.1) is 11.8 Å². The van der Waals surface area contributed by atoms with Crippen LogP contribution >= 0.6 is 11.8 Å². The normalized spacial score (nSPS) is 12.6. The number of carbonyl (C=O) groups excluding carboxylic acids is 2. The number of carbonyl (C=O) groups is 2. The van der Waals surface area contributed by atoms with Crippen LogP contribution in [0.15, 0.2) is 48.5 Å². The molecule has 32 heavy (non-hydrogen) atoms. The summed E-state index contributed by atoms with van der Waals surface area (Å²) in [6, 6.07) is 11.3. The Morgan fingerprint density at radius 2 is 1.69 bits per heavy atom. The molecule has 0 saturated carbocycles. The quantitative estimate of drug-likeness (QED) is 0.398. The first-order valence-corrected chi connectivity index (χ1v) is 11.5. The van der Waals surface area contributed by atoms with Crippen LogP contribution in [0.5, 0.6) is 0 Å². The summed E-state index contributed by atoms with van der Waals surface area (Å²) in [6.07, 6.45) is 0.773. The van der Waals surface area contributed by atoms with E-state index in [0.29, 0.717) is 5.75 Å². The fourth-order valence-electron chi connectivity index (χ4n) is 2.89. The summed E-state index contributed by atoms with van der Waals surface area (Å²) in [4.78, 5) is 37.5. The number of amides is 2. The van der Waals surface area contributed by atoms with Crippen LogP contribution in [0.3, 0.4) is 0 Å². The van der Waals surface area contributed by atoms with Crippen molar-refractivity contribution in [3.8, 4) is 0 Å². The number of benzene rings is 2. The zero-order chi connectivity index (χ0) is 23.7. The van der Waals surface area contributed by atoms with Crippen LogP contribution < -0.4 is 5.32 Å². The zero-order valence-electron chi connectivity index (χ0n) is 18.4. The van der Waals surface area contributed by atoms with E-state index in [9.17, 15) is 24.1 Å². The van der Waals surface area contributed by atoms with Gasteiger partial charge in [0.25, 0.3) is 5.69 Å². The number of hydrogen-bond acceptors (Lipinski definition) is 5. The number of thioether (sulfide) groups is 1. The molecular weight excluding hydrogens is 433 g/mol. The van der Waals surface area contributed by atoms with E-state index in [1.807, 2.05) is 13.8 Å². The molecule has 1 N–H and O–H groups in total. The van der Waals surface area contributed by atoms with Gasteiger partial charge in [-0.3, -0.25) is 19.7 Å². The number of rotatable bonds is 11. The summed E-state index contributed by atoms with van der Waals surface area (Å²) >= 11 is 1.36. The summed E-state index contributed by atoms with van der Waals surface area (Å²) in [6.45, 7) is 5.73. The minimum absolute atomic E-state index is 0.00997. The molecule has 0 aliphatic heterocycles. The van der Waals surface area contributed by atoms with Gasteiger partial charge in [-0.1, -0.05) is 31.2 Å². The third-order valence-corrected chi connectivity index (χ3v) is 6.06. The Balaban J connectivity index is 2.05. The molecule has 2 rings (SSSR count). The highest BCUT2D eigenvalue weighted by atomic mass is 32.2. The Morgan fingerprint density at radius 1 is 1.09 bits per heavy atom. The molecule has 0 unspecified atom stereocenters. The van der Waals surface area contributed by atoms with Crippen molar-refractivity contribution in [2.45, 2.75) is 51.6 Å². The molecule has 0 heterocycles. The predicted octanol–water partition coefficient (Wildman–Crippen LogP) is 4.30. The molecule has 2 amide bonds. The van der Waals surface area contributed by atoms with Gasteiger partial charge < -0.3 is 10.2 Å². The Morgan fingerprint density at radius 3 is 2.25 bits per heavy atom. The van der Waals surface area contributed by atoms with Crippen molar-refractivity contribution in [1.29, 1.82) is 0 Å². The summed E-state index contributed by atoms with van der Waals surface area (Å²) in [5.41, 5.74) is 1.60. The second-order valence-electron chi connectivity index (χ2n) is 7.56. The van der Waals surface area contributed by atoms with Gasteiger partial charge in [0.15, 0.2) is 0 Å². The van der Waals surface area contributed by atoms with Crippen molar-refractivity contribution >= 4 is 29.3 Å². The number of hydrogen-bond donors (Lipinski definition) is 1. The number of nitrogens with one attached hydrogen (secondary N) is 1. The lowest BCUT2D eigenvalue weighted by atomic mass is 10.1. The van der Waals surface area contributed by atoms with Gasteiger partial charge in [0.05, 0.1) is 10.7 Å². The van der Waals surface area contributed by atoms with Crippen LogP contribution in [-0.2, 0) is 21.9 Å². The Bertz CT molecular complexity index is 922. The van der Waals surface area contributed by atoms with E-state index in [4.69, 9.17) is 0 Å². The molecule has 2 aromatic carbocycles. The molecular formula is C23H28FN3O4S. The second-order valence-corrected chi connectivity index (χ2v) is 8.54. The lowest BCUT2D eigenvalue weighted by Crippen LogP contribution is -2.50. The molecule has 0 aliphatic carbocycles. The van der Waals surface area contributed by atoms with Gasteiger partial charge in [-0.25, -0.2) is 4.39 Å². The number of halogens is 1. The van der Waals surface area contributed by atoms with Crippen LogP contribution in [-0.4, -0.2) is 39.5 Å². The van der Waals surface area contributed by atoms with E-state index < -0.39 is 11.0 Å². The summed E-state index contributed by atoms with van der Waals surface area (Å²) < 4.78 is 13.3. The first-order valence-electron chi connectivity index (χ1n) is 10.4. The van der Waals surface area contributed by atoms with Gasteiger partial charge in [0.2, 0.25) is 11.8 Å². The third-order valence-electron chi connectivity index (χ3n) is 5.08. The first-order chi connectivity index (χ1) is 15.2. The molecule has 2 atom stereocenters. The smallest absolute Gasteiger partial charge is 0.269 e. The van der Waals surface area contributed by atoms with E-state index in [0.717, 1.165) is 17.5 Å². The highest BCUT2D eigenvalue weighted by Crippen LogP contribution is 2.19. The van der Waals surface area contributed by atoms with Gasteiger partial charge in [-0.2, -0.15) is 0 Å². The Labute approximate surface area is 191 Å². The maximum Gasteiger partial charge on any atom is 0.269 e.